The quantitative estimate of drug-likeness (QED) is 0.582. The van der Waals surface area contributed by atoms with Gasteiger partial charge in [-0.15, -0.1) is 0 Å². The van der Waals surface area contributed by atoms with Gasteiger partial charge in [-0.1, -0.05) is 57.2 Å². The number of hydrogen-bond acceptors (Lipinski definition) is 3. The lowest BCUT2D eigenvalue weighted by Gasteiger charge is -2.19. The Hall–Kier alpha value is -1.06. The molecule has 1 unspecified atom stereocenters. The summed E-state index contributed by atoms with van der Waals surface area (Å²) in [7, 11) is 3.67. The average Bonchev–Trinajstić information content (AvgIpc) is 2.53. The van der Waals surface area contributed by atoms with Gasteiger partial charge in [-0.25, -0.2) is 0 Å². The lowest BCUT2D eigenvalue weighted by atomic mass is 10.1. The molecule has 21 heavy (non-hydrogen) atoms. The topological polar surface area (TPSA) is 30.5 Å². The molecule has 1 rings (SSSR count). The molecule has 0 spiro atoms. The van der Waals surface area contributed by atoms with E-state index in [0.717, 1.165) is 24.3 Å². The van der Waals surface area contributed by atoms with E-state index < -0.39 is 0 Å². The summed E-state index contributed by atoms with van der Waals surface area (Å²) < 4.78 is 11.2. The number of methoxy groups -OCH3 is 1. The first-order valence-electron chi connectivity index (χ1n) is 8.21. The third-order valence-electron chi connectivity index (χ3n) is 3.79. The fourth-order valence-corrected chi connectivity index (χ4v) is 2.47. The third-order valence-corrected chi connectivity index (χ3v) is 3.79. The first kappa shape index (κ1) is 18.0. The van der Waals surface area contributed by atoms with E-state index in [2.05, 4.69) is 18.3 Å². The molecule has 0 aliphatic rings. The minimum atomic E-state index is 0.182. The van der Waals surface area contributed by atoms with Crippen molar-refractivity contribution in [2.45, 2.75) is 51.5 Å². The summed E-state index contributed by atoms with van der Waals surface area (Å²) in [6.45, 7) is 3.78. The van der Waals surface area contributed by atoms with Crippen molar-refractivity contribution in [3.63, 3.8) is 0 Å². The van der Waals surface area contributed by atoms with Gasteiger partial charge in [0, 0.05) is 12.2 Å². The van der Waals surface area contributed by atoms with Gasteiger partial charge in [-0.3, -0.25) is 0 Å². The number of unbranched alkanes of at least 4 members (excludes halogenated alkanes) is 5. The fourth-order valence-electron chi connectivity index (χ4n) is 2.47. The van der Waals surface area contributed by atoms with Crippen LogP contribution in [0.3, 0.4) is 0 Å². The second-order valence-electron chi connectivity index (χ2n) is 5.43. The van der Waals surface area contributed by atoms with Crippen LogP contribution in [-0.4, -0.2) is 27.4 Å². The number of ether oxygens (including phenoxy) is 2. The Bertz CT molecular complexity index is 368. The maximum absolute atomic E-state index is 5.83. The van der Waals surface area contributed by atoms with Crippen LogP contribution in [0.25, 0.3) is 0 Å². The van der Waals surface area contributed by atoms with Crippen molar-refractivity contribution >= 4 is 0 Å². The molecule has 0 aliphatic carbocycles. The average molecular weight is 293 g/mol. The molecular formula is C18H31NO2. The zero-order valence-electron chi connectivity index (χ0n) is 13.9. The molecule has 0 radical (unpaired) electrons. The van der Waals surface area contributed by atoms with E-state index in [4.69, 9.17) is 9.47 Å². The highest BCUT2D eigenvalue weighted by atomic mass is 16.5. The van der Waals surface area contributed by atoms with Gasteiger partial charge < -0.3 is 14.8 Å². The molecule has 0 saturated carbocycles. The number of rotatable bonds is 12. The summed E-state index contributed by atoms with van der Waals surface area (Å²) in [5.41, 5.74) is 1.16. The second-order valence-corrected chi connectivity index (χ2v) is 5.43. The lowest BCUT2D eigenvalue weighted by Crippen LogP contribution is -2.22. The summed E-state index contributed by atoms with van der Waals surface area (Å²) in [4.78, 5) is 0. The zero-order valence-corrected chi connectivity index (χ0v) is 13.9. The van der Waals surface area contributed by atoms with Gasteiger partial charge in [0.2, 0.25) is 0 Å². The molecule has 3 nitrogen and oxygen atoms in total. The van der Waals surface area contributed by atoms with Gasteiger partial charge >= 0.3 is 0 Å². The van der Waals surface area contributed by atoms with Crippen molar-refractivity contribution in [2.24, 2.45) is 0 Å². The van der Waals surface area contributed by atoms with E-state index >= 15 is 0 Å². The van der Waals surface area contributed by atoms with Crippen molar-refractivity contribution in [2.75, 3.05) is 27.4 Å². The number of benzene rings is 1. The van der Waals surface area contributed by atoms with Crippen LogP contribution in [0, 0.1) is 0 Å². The van der Waals surface area contributed by atoms with E-state index in [1.165, 1.54) is 32.1 Å². The van der Waals surface area contributed by atoms with Gasteiger partial charge in [0.25, 0.3) is 0 Å². The van der Waals surface area contributed by atoms with Crippen LogP contribution in [0.1, 0.15) is 57.1 Å². The SMILES string of the molecule is CCCCCCCCOCC(NC)c1ccccc1OC. The minimum absolute atomic E-state index is 0.182. The molecule has 1 aromatic rings. The summed E-state index contributed by atoms with van der Waals surface area (Å²) >= 11 is 0. The minimum Gasteiger partial charge on any atom is -0.496 e. The Labute approximate surface area is 130 Å². The number of nitrogens with one attached hydrogen (secondary N) is 1. The maximum atomic E-state index is 5.83. The smallest absolute Gasteiger partial charge is 0.123 e. The normalized spacial score (nSPS) is 12.3. The lowest BCUT2D eigenvalue weighted by molar-refractivity contribution is 0.109. The number of para-hydroxylation sites is 1. The summed E-state index contributed by atoms with van der Waals surface area (Å²) in [5, 5.41) is 3.31. The first-order chi connectivity index (χ1) is 10.3. The van der Waals surface area contributed by atoms with E-state index in [9.17, 15) is 0 Å². The van der Waals surface area contributed by atoms with Crippen LogP contribution in [0.15, 0.2) is 24.3 Å². The first-order valence-corrected chi connectivity index (χ1v) is 8.21. The Morgan fingerprint density at radius 3 is 2.48 bits per heavy atom. The van der Waals surface area contributed by atoms with Crippen molar-refractivity contribution in [3.05, 3.63) is 29.8 Å². The van der Waals surface area contributed by atoms with Gasteiger partial charge in [-0.05, 0) is 19.5 Å². The second kappa shape index (κ2) is 11.6. The van der Waals surface area contributed by atoms with Crippen molar-refractivity contribution in [1.82, 2.24) is 5.32 Å². The monoisotopic (exact) mass is 293 g/mol. The fraction of sp³-hybridized carbons (Fsp3) is 0.667. The van der Waals surface area contributed by atoms with Crippen molar-refractivity contribution < 1.29 is 9.47 Å². The van der Waals surface area contributed by atoms with Crippen LogP contribution >= 0.6 is 0 Å². The molecule has 0 aromatic heterocycles. The predicted octanol–water partition coefficient (Wildman–Crippen LogP) is 4.33. The molecule has 120 valence electrons. The Morgan fingerprint density at radius 1 is 1.05 bits per heavy atom. The molecule has 0 amide bonds. The molecule has 0 heterocycles. The summed E-state index contributed by atoms with van der Waals surface area (Å²) in [6.07, 6.45) is 7.79. The van der Waals surface area contributed by atoms with E-state index in [1.54, 1.807) is 7.11 Å². The van der Waals surface area contributed by atoms with Crippen LogP contribution in [0.5, 0.6) is 5.75 Å². The number of hydrogen-bond donors (Lipinski definition) is 1. The maximum Gasteiger partial charge on any atom is 0.123 e. The number of likely N-dealkylation sites (N-methyl/N-ethyl adjacent to an activating group) is 1. The highest BCUT2D eigenvalue weighted by Crippen LogP contribution is 2.24. The van der Waals surface area contributed by atoms with E-state index in [1.807, 2.05) is 25.2 Å². The predicted molar refractivity (Wildman–Crippen MR) is 89.0 cm³/mol. The molecule has 0 aliphatic heterocycles. The van der Waals surface area contributed by atoms with E-state index in [-0.39, 0.29) is 6.04 Å². The largest absolute Gasteiger partial charge is 0.496 e. The highest BCUT2D eigenvalue weighted by Gasteiger charge is 2.13. The Kier molecular flexibility index (Phi) is 9.92. The van der Waals surface area contributed by atoms with Crippen LogP contribution < -0.4 is 10.1 Å². The molecular weight excluding hydrogens is 262 g/mol. The standard InChI is InChI=1S/C18H31NO2/c1-4-5-6-7-8-11-14-21-15-17(19-2)16-12-9-10-13-18(16)20-3/h9-10,12-13,17,19H,4-8,11,14-15H2,1-3H3. The highest BCUT2D eigenvalue weighted by molar-refractivity contribution is 5.35. The van der Waals surface area contributed by atoms with Crippen molar-refractivity contribution in [3.8, 4) is 5.75 Å². The molecule has 1 N–H and O–H groups in total. The van der Waals surface area contributed by atoms with Gasteiger partial charge in [0.05, 0.1) is 19.8 Å². The van der Waals surface area contributed by atoms with Gasteiger partial charge in [0.1, 0.15) is 5.75 Å². The van der Waals surface area contributed by atoms with Crippen LogP contribution in [0.4, 0.5) is 0 Å². The molecule has 0 fully saturated rings. The summed E-state index contributed by atoms with van der Waals surface area (Å²) in [5.74, 6) is 0.917. The Balaban J connectivity index is 2.25. The van der Waals surface area contributed by atoms with Crippen molar-refractivity contribution in [1.29, 1.82) is 0 Å². The third kappa shape index (κ3) is 6.96. The molecule has 3 heteroatoms. The molecule has 1 aromatic carbocycles. The van der Waals surface area contributed by atoms with E-state index in [0.29, 0.717) is 6.61 Å². The molecule has 1 atom stereocenters. The summed E-state index contributed by atoms with van der Waals surface area (Å²) in [6, 6.07) is 8.30. The van der Waals surface area contributed by atoms with Gasteiger partial charge in [0.15, 0.2) is 0 Å². The molecule has 0 bridgehead atoms. The van der Waals surface area contributed by atoms with Crippen LogP contribution in [0.2, 0.25) is 0 Å². The molecule has 0 saturated heterocycles. The zero-order chi connectivity index (χ0) is 15.3. The Morgan fingerprint density at radius 2 is 1.76 bits per heavy atom. The van der Waals surface area contributed by atoms with Gasteiger partial charge in [-0.2, -0.15) is 0 Å². The van der Waals surface area contributed by atoms with Crippen LogP contribution in [-0.2, 0) is 4.74 Å².